The molecule has 3 aromatic rings. The van der Waals surface area contributed by atoms with Crippen LogP contribution in [0.3, 0.4) is 0 Å². The molecule has 0 fully saturated rings. The quantitative estimate of drug-likeness (QED) is 0.293. The van der Waals surface area contributed by atoms with Crippen LogP contribution >= 0.6 is 24.0 Å². The van der Waals surface area contributed by atoms with Gasteiger partial charge in [0.1, 0.15) is 17.9 Å². The first-order valence-electron chi connectivity index (χ1n) is 9.21. The van der Waals surface area contributed by atoms with Gasteiger partial charge in [-0.15, -0.1) is 24.0 Å². The summed E-state index contributed by atoms with van der Waals surface area (Å²) in [6.45, 7) is 3.48. The predicted octanol–water partition coefficient (Wildman–Crippen LogP) is 3.11. The Morgan fingerprint density at radius 3 is 2.72 bits per heavy atom. The molecule has 2 aromatic heterocycles. The van der Waals surface area contributed by atoms with Gasteiger partial charge < -0.3 is 15.4 Å². The third kappa shape index (κ3) is 6.45. The van der Waals surface area contributed by atoms with Gasteiger partial charge in [0.15, 0.2) is 5.96 Å². The number of methoxy groups -OCH3 is 1. The van der Waals surface area contributed by atoms with Crippen molar-refractivity contribution in [2.24, 2.45) is 4.99 Å². The number of guanidine groups is 1. The molecule has 0 unspecified atom stereocenters. The average Bonchev–Trinajstić information content (AvgIpc) is 3.27. The highest BCUT2D eigenvalue weighted by molar-refractivity contribution is 14.0. The number of ether oxygens (including phenoxy) is 1. The Labute approximate surface area is 188 Å². The first-order chi connectivity index (χ1) is 13.7. The number of aliphatic imine (C=N–C) groups is 1. The Kier molecular flexibility index (Phi) is 8.91. The fourth-order valence-electron chi connectivity index (χ4n) is 2.86. The van der Waals surface area contributed by atoms with Gasteiger partial charge in [0, 0.05) is 38.7 Å². The Balaban J connectivity index is 0.00000300. The summed E-state index contributed by atoms with van der Waals surface area (Å²) in [5.74, 6) is 2.53. The van der Waals surface area contributed by atoms with Crippen LogP contribution in [0.25, 0.3) is 5.82 Å². The number of aryl methyl sites for hydroxylation is 1. The summed E-state index contributed by atoms with van der Waals surface area (Å²) in [4.78, 5) is 12.7. The van der Waals surface area contributed by atoms with Gasteiger partial charge in [0.25, 0.3) is 0 Å². The van der Waals surface area contributed by atoms with E-state index < -0.39 is 0 Å². The Morgan fingerprint density at radius 2 is 2.00 bits per heavy atom. The lowest BCUT2D eigenvalue weighted by atomic mass is 10.1. The number of pyridine rings is 1. The number of nitrogens with zero attached hydrogens (tertiary/aromatic N) is 4. The second kappa shape index (κ2) is 11.4. The molecule has 3 rings (SSSR count). The summed E-state index contributed by atoms with van der Waals surface area (Å²) in [5, 5.41) is 6.69. The zero-order valence-corrected chi connectivity index (χ0v) is 19.3. The monoisotopic (exact) mass is 506 g/mol. The molecular formula is C21H27IN6O. The molecule has 0 atom stereocenters. The van der Waals surface area contributed by atoms with Crippen molar-refractivity contribution >= 4 is 29.9 Å². The second-order valence-corrected chi connectivity index (χ2v) is 6.40. The van der Waals surface area contributed by atoms with E-state index in [0.29, 0.717) is 6.54 Å². The number of hydrogen-bond donors (Lipinski definition) is 2. The maximum atomic E-state index is 5.39. The number of rotatable bonds is 7. The lowest BCUT2D eigenvalue weighted by Gasteiger charge is -2.13. The van der Waals surface area contributed by atoms with E-state index in [0.717, 1.165) is 41.6 Å². The van der Waals surface area contributed by atoms with Crippen LogP contribution in [0, 0.1) is 6.92 Å². The topological polar surface area (TPSA) is 76.4 Å². The van der Waals surface area contributed by atoms with Crippen molar-refractivity contribution in [2.45, 2.75) is 19.9 Å². The molecular weight excluding hydrogens is 479 g/mol. The van der Waals surface area contributed by atoms with Crippen LogP contribution in [-0.4, -0.2) is 41.2 Å². The molecule has 0 spiro atoms. The normalized spacial score (nSPS) is 10.9. The molecule has 2 N–H and O–H groups in total. The zero-order chi connectivity index (χ0) is 19.8. The van der Waals surface area contributed by atoms with E-state index >= 15 is 0 Å². The van der Waals surface area contributed by atoms with Gasteiger partial charge in [-0.1, -0.05) is 12.1 Å². The van der Waals surface area contributed by atoms with Crippen LogP contribution in [-0.2, 0) is 13.0 Å². The molecule has 0 saturated carbocycles. The van der Waals surface area contributed by atoms with Crippen molar-refractivity contribution < 1.29 is 4.74 Å². The molecule has 0 amide bonds. The standard InChI is InChI=1S/C21H26N6O.HI/c1-16-4-5-17(12-19(16)28-3)6-9-25-21(22-2)26-14-18-7-8-24-20(13-18)27-11-10-23-15-27;/h4-5,7-8,10-13,15H,6,9,14H2,1-3H3,(H2,22,25,26);1H. The Bertz CT molecular complexity index is 927. The lowest BCUT2D eigenvalue weighted by molar-refractivity contribution is 0.411. The van der Waals surface area contributed by atoms with Crippen molar-refractivity contribution in [3.63, 3.8) is 0 Å². The molecule has 2 heterocycles. The molecule has 154 valence electrons. The molecule has 7 nitrogen and oxygen atoms in total. The molecule has 0 aliphatic carbocycles. The van der Waals surface area contributed by atoms with E-state index in [9.17, 15) is 0 Å². The van der Waals surface area contributed by atoms with E-state index in [4.69, 9.17) is 4.74 Å². The maximum absolute atomic E-state index is 5.39. The summed E-state index contributed by atoms with van der Waals surface area (Å²) in [6, 6.07) is 10.3. The minimum absolute atomic E-state index is 0. The molecule has 8 heteroatoms. The molecule has 0 saturated heterocycles. The minimum atomic E-state index is 0. The summed E-state index contributed by atoms with van der Waals surface area (Å²) in [6.07, 6.45) is 8.03. The van der Waals surface area contributed by atoms with Crippen LogP contribution in [0.4, 0.5) is 0 Å². The highest BCUT2D eigenvalue weighted by Gasteiger charge is 2.03. The average molecular weight is 506 g/mol. The first-order valence-corrected chi connectivity index (χ1v) is 9.21. The van der Waals surface area contributed by atoms with Crippen LogP contribution < -0.4 is 15.4 Å². The summed E-state index contributed by atoms with van der Waals surface area (Å²) in [5.41, 5.74) is 3.48. The highest BCUT2D eigenvalue weighted by Crippen LogP contribution is 2.19. The van der Waals surface area contributed by atoms with Crippen molar-refractivity contribution in [1.29, 1.82) is 0 Å². The van der Waals surface area contributed by atoms with Gasteiger partial charge in [-0.3, -0.25) is 9.56 Å². The van der Waals surface area contributed by atoms with Crippen LogP contribution in [0.1, 0.15) is 16.7 Å². The second-order valence-electron chi connectivity index (χ2n) is 6.40. The van der Waals surface area contributed by atoms with Gasteiger partial charge in [0.2, 0.25) is 0 Å². The van der Waals surface area contributed by atoms with Crippen molar-refractivity contribution in [3.8, 4) is 11.6 Å². The van der Waals surface area contributed by atoms with E-state index in [2.05, 4.69) is 43.8 Å². The van der Waals surface area contributed by atoms with Crippen molar-refractivity contribution in [3.05, 3.63) is 71.9 Å². The minimum Gasteiger partial charge on any atom is -0.496 e. The smallest absolute Gasteiger partial charge is 0.191 e. The fraction of sp³-hybridized carbons (Fsp3) is 0.286. The largest absolute Gasteiger partial charge is 0.496 e. The van der Waals surface area contributed by atoms with E-state index in [-0.39, 0.29) is 24.0 Å². The number of imidazole rings is 1. The number of nitrogens with one attached hydrogen (secondary N) is 2. The number of benzene rings is 1. The molecule has 0 aliphatic heterocycles. The summed E-state index contributed by atoms with van der Waals surface area (Å²) in [7, 11) is 3.47. The van der Waals surface area contributed by atoms with Crippen molar-refractivity contribution in [2.75, 3.05) is 20.7 Å². The van der Waals surface area contributed by atoms with Gasteiger partial charge in [-0.2, -0.15) is 0 Å². The van der Waals surface area contributed by atoms with E-state index in [1.54, 1.807) is 32.9 Å². The third-order valence-electron chi connectivity index (χ3n) is 4.44. The molecule has 0 bridgehead atoms. The van der Waals surface area contributed by atoms with Crippen molar-refractivity contribution in [1.82, 2.24) is 25.2 Å². The van der Waals surface area contributed by atoms with Crippen LogP contribution in [0.2, 0.25) is 0 Å². The Morgan fingerprint density at radius 1 is 1.14 bits per heavy atom. The van der Waals surface area contributed by atoms with E-state index in [1.165, 1.54) is 5.56 Å². The molecule has 1 aromatic carbocycles. The first kappa shape index (κ1) is 22.7. The van der Waals surface area contributed by atoms with Gasteiger partial charge in [-0.05, 0) is 48.2 Å². The third-order valence-corrected chi connectivity index (χ3v) is 4.44. The van der Waals surface area contributed by atoms with Crippen LogP contribution in [0.5, 0.6) is 5.75 Å². The Hall–Kier alpha value is -2.62. The predicted molar refractivity (Wildman–Crippen MR) is 126 cm³/mol. The molecule has 29 heavy (non-hydrogen) atoms. The van der Waals surface area contributed by atoms with E-state index in [1.807, 2.05) is 29.8 Å². The summed E-state index contributed by atoms with van der Waals surface area (Å²) >= 11 is 0. The fourth-order valence-corrected chi connectivity index (χ4v) is 2.86. The highest BCUT2D eigenvalue weighted by atomic mass is 127. The zero-order valence-electron chi connectivity index (χ0n) is 16.9. The number of aromatic nitrogens is 3. The molecule has 0 aliphatic rings. The van der Waals surface area contributed by atoms with Crippen LogP contribution in [0.15, 0.2) is 60.2 Å². The SMILES string of the molecule is CN=C(NCCc1ccc(C)c(OC)c1)NCc1ccnc(-n2ccnc2)c1.I. The van der Waals surface area contributed by atoms with Gasteiger partial charge >= 0.3 is 0 Å². The lowest BCUT2D eigenvalue weighted by Crippen LogP contribution is -2.37. The van der Waals surface area contributed by atoms with Gasteiger partial charge in [0.05, 0.1) is 7.11 Å². The molecule has 0 radical (unpaired) electrons. The maximum Gasteiger partial charge on any atom is 0.191 e. The number of halogens is 1. The summed E-state index contributed by atoms with van der Waals surface area (Å²) < 4.78 is 7.27. The van der Waals surface area contributed by atoms with Gasteiger partial charge in [-0.25, -0.2) is 9.97 Å². The number of hydrogen-bond acceptors (Lipinski definition) is 4.